The highest BCUT2D eigenvalue weighted by molar-refractivity contribution is 5.83. The van der Waals surface area contributed by atoms with Gasteiger partial charge in [-0.25, -0.2) is 23.3 Å². The SMILES string of the molecule is C=Cc1cnn2ccc(/C(=C/C)c3cnc(NCC(C)(F)F)nc3C)cc12. The lowest BCUT2D eigenvalue weighted by Crippen LogP contribution is -2.24. The van der Waals surface area contributed by atoms with Crippen LogP contribution in [-0.4, -0.2) is 32.0 Å². The van der Waals surface area contributed by atoms with E-state index in [4.69, 9.17) is 0 Å². The highest BCUT2D eigenvalue weighted by Gasteiger charge is 2.21. The number of aryl methyl sites for hydroxylation is 1. The molecule has 0 amide bonds. The molecule has 0 spiro atoms. The molecule has 0 bridgehead atoms. The van der Waals surface area contributed by atoms with Gasteiger partial charge in [-0.1, -0.05) is 18.7 Å². The van der Waals surface area contributed by atoms with E-state index in [2.05, 4.69) is 27.0 Å². The molecule has 3 aromatic rings. The van der Waals surface area contributed by atoms with Gasteiger partial charge < -0.3 is 5.32 Å². The van der Waals surface area contributed by atoms with E-state index in [9.17, 15) is 8.78 Å². The van der Waals surface area contributed by atoms with Gasteiger partial charge in [0.2, 0.25) is 5.95 Å². The van der Waals surface area contributed by atoms with Crippen LogP contribution in [0.15, 0.2) is 43.4 Å². The molecule has 5 nitrogen and oxygen atoms in total. The van der Waals surface area contributed by atoms with Crippen molar-refractivity contribution in [1.29, 1.82) is 0 Å². The molecular weight excluding hydrogens is 348 g/mol. The summed E-state index contributed by atoms with van der Waals surface area (Å²) in [5.74, 6) is -2.64. The Morgan fingerprint density at radius 3 is 2.78 bits per heavy atom. The molecule has 3 aromatic heterocycles. The topological polar surface area (TPSA) is 55.1 Å². The lowest BCUT2D eigenvalue weighted by Gasteiger charge is -2.14. The maximum absolute atomic E-state index is 13.0. The van der Waals surface area contributed by atoms with Crippen LogP contribution in [-0.2, 0) is 0 Å². The lowest BCUT2D eigenvalue weighted by atomic mass is 9.98. The fourth-order valence-electron chi connectivity index (χ4n) is 2.85. The normalized spacial score (nSPS) is 12.4. The quantitative estimate of drug-likeness (QED) is 0.690. The zero-order valence-electron chi connectivity index (χ0n) is 15.5. The van der Waals surface area contributed by atoms with Gasteiger partial charge in [0.25, 0.3) is 5.92 Å². The monoisotopic (exact) mass is 369 g/mol. The second kappa shape index (κ2) is 7.26. The van der Waals surface area contributed by atoms with Crippen molar-refractivity contribution in [2.24, 2.45) is 0 Å². The van der Waals surface area contributed by atoms with Crippen LogP contribution in [0.3, 0.4) is 0 Å². The second-order valence-electron chi connectivity index (χ2n) is 6.37. The minimum atomic E-state index is -2.83. The van der Waals surface area contributed by atoms with Crippen molar-refractivity contribution in [2.45, 2.75) is 26.7 Å². The first-order chi connectivity index (χ1) is 12.8. The third kappa shape index (κ3) is 4.02. The fraction of sp³-hybridized carbons (Fsp3) is 0.250. The summed E-state index contributed by atoms with van der Waals surface area (Å²) in [6, 6.07) is 3.99. The smallest absolute Gasteiger partial charge is 0.262 e. The van der Waals surface area contributed by atoms with Crippen LogP contribution >= 0.6 is 0 Å². The summed E-state index contributed by atoms with van der Waals surface area (Å²) in [5.41, 5.74) is 5.39. The molecule has 3 heterocycles. The number of fused-ring (bicyclic) bond motifs is 1. The first-order valence-corrected chi connectivity index (χ1v) is 8.54. The average molecular weight is 369 g/mol. The average Bonchev–Trinajstić information content (AvgIpc) is 3.04. The zero-order valence-corrected chi connectivity index (χ0v) is 15.5. The van der Waals surface area contributed by atoms with E-state index in [0.29, 0.717) is 5.69 Å². The fourth-order valence-corrected chi connectivity index (χ4v) is 2.85. The Hall–Kier alpha value is -3.09. The summed E-state index contributed by atoms with van der Waals surface area (Å²) in [7, 11) is 0. The van der Waals surface area contributed by atoms with Gasteiger partial charge in [-0.3, -0.25) is 0 Å². The molecule has 0 aliphatic carbocycles. The van der Waals surface area contributed by atoms with Gasteiger partial charge in [-0.15, -0.1) is 0 Å². The molecule has 27 heavy (non-hydrogen) atoms. The first kappa shape index (κ1) is 18.7. The number of pyridine rings is 1. The van der Waals surface area contributed by atoms with Gasteiger partial charge in [0.05, 0.1) is 24.0 Å². The predicted molar refractivity (Wildman–Crippen MR) is 104 cm³/mol. The highest BCUT2D eigenvalue weighted by atomic mass is 19.3. The Morgan fingerprint density at radius 1 is 1.37 bits per heavy atom. The number of allylic oxidation sites excluding steroid dienone is 1. The van der Waals surface area contributed by atoms with Gasteiger partial charge in [-0.05, 0) is 37.1 Å². The summed E-state index contributed by atoms with van der Waals surface area (Å²) in [6.07, 6.45) is 9.05. The molecular formula is C20H21F2N5. The summed E-state index contributed by atoms with van der Waals surface area (Å²) in [6.45, 7) is 7.93. The first-order valence-electron chi connectivity index (χ1n) is 8.54. The van der Waals surface area contributed by atoms with Crippen molar-refractivity contribution >= 4 is 23.1 Å². The molecule has 3 rings (SSSR count). The molecule has 140 valence electrons. The number of alkyl halides is 2. The summed E-state index contributed by atoms with van der Waals surface area (Å²) >= 11 is 0. The van der Waals surface area contributed by atoms with Crippen molar-refractivity contribution in [1.82, 2.24) is 19.6 Å². The van der Waals surface area contributed by atoms with Crippen LogP contribution in [0, 0.1) is 6.92 Å². The molecule has 0 aliphatic rings. The lowest BCUT2D eigenvalue weighted by molar-refractivity contribution is 0.0366. The van der Waals surface area contributed by atoms with E-state index >= 15 is 0 Å². The van der Waals surface area contributed by atoms with Crippen LogP contribution in [0.5, 0.6) is 0 Å². The number of hydrogen-bond acceptors (Lipinski definition) is 4. The predicted octanol–water partition coefficient (Wildman–Crippen LogP) is 4.59. The third-order valence-electron chi connectivity index (χ3n) is 4.20. The largest absolute Gasteiger partial charge is 0.348 e. The van der Waals surface area contributed by atoms with Gasteiger partial charge in [0, 0.05) is 30.4 Å². The van der Waals surface area contributed by atoms with Gasteiger partial charge >= 0.3 is 0 Å². The van der Waals surface area contributed by atoms with E-state index in [-0.39, 0.29) is 5.95 Å². The van der Waals surface area contributed by atoms with Crippen LogP contribution < -0.4 is 5.32 Å². The van der Waals surface area contributed by atoms with Crippen molar-refractivity contribution < 1.29 is 8.78 Å². The molecule has 0 atom stereocenters. The van der Waals surface area contributed by atoms with Gasteiger partial charge in [0.1, 0.15) is 0 Å². The summed E-state index contributed by atoms with van der Waals surface area (Å²) in [5, 5.41) is 6.86. The van der Waals surface area contributed by atoms with E-state index in [1.54, 1.807) is 23.0 Å². The van der Waals surface area contributed by atoms with E-state index in [1.165, 1.54) is 0 Å². The molecule has 0 aliphatic heterocycles. The Balaban J connectivity index is 1.95. The Bertz CT molecular complexity index is 1010. The Morgan fingerprint density at radius 2 is 2.15 bits per heavy atom. The van der Waals surface area contributed by atoms with Crippen molar-refractivity contribution in [3.05, 3.63) is 65.8 Å². The van der Waals surface area contributed by atoms with Crippen LogP contribution in [0.1, 0.15) is 36.2 Å². The number of anilines is 1. The van der Waals surface area contributed by atoms with E-state index in [1.807, 2.05) is 38.3 Å². The van der Waals surface area contributed by atoms with Crippen molar-refractivity contribution in [3.8, 4) is 0 Å². The molecule has 0 unspecified atom stereocenters. The number of rotatable bonds is 6. The van der Waals surface area contributed by atoms with Crippen LogP contribution in [0.4, 0.5) is 14.7 Å². The molecule has 1 N–H and O–H groups in total. The van der Waals surface area contributed by atoms with Crippen LogP contribution in [0.2, 0.25) is 0 Å². The molecule has 7 heteroatoms. The van der Waals surface area contributed by atoms with Crippen LogP contribution in [0.25, 0.3) is 17.2 Å². The molecule has 0 aromatic carbocycles. The van der Waals surface area contributed by atoms with E-state index < -0.39 is 12.5 Å². The van der Waals surface area contributed by atoms with Crippen molar-refractivity contribution in [3.63, 3.8) is 0 Å². The number of nitrogens with one attached hydrogen (secondary N) is 1. The Kier molecular flexibility index (Phi) is 5.03. The van der Waals surface area contributed by atoms with Crippen molar-refractivity contribution in [2.75, 3.05) is 11.9 Å². The second-order valence-corrected chi connectivity index (χ2v) is 6.37. The summed E-state index contributed by atoms with van der Waals surface area (Å²) < 4.78 is 27.8. The minimum absolute atomic E-state index is 0.188. The minimum Gasteiger partial charge on any atom is -0.348 e. The maximum atomic E-state index is 13.0. The van der Waals surface area contributed by atoms with E-state index in [0.717, 1.165) is 34.7 Å². The van der Waals surface area contributed by atoms with Gasteiger partial charge in [-0.2, -0.15) is 5.10 Å². The molecule has 0 fully saturated rings. The summed E-state index contributed by atoms with van der Waals surface area (Å²) in [4.78, 5) is 8.52. The maximum Gasteiger partial charge on any atom is 0.262 e. The number of hydrogen-bond donors (Lipinski definition) is 1. The third-order valence-corrected chi connectivity index (χ3v) is 4.20. The Labute approximate surface area is 156 Å². The zero-order chi connectivity index (χ0) is 19.6. The number of nitrogens with zero attached hydrogens (tertiary/aromatic N) is 4. The highest BCUT2D eigenvalue weighted by Crippen LogP contribution is 2.27. The van der Waals surface area contributed by atoms with Gasteiger partial charge in [0.15, 0.2) is 0 Å². The standard InChI is InChI=1S/C20H21F2N5/c1-5-14-10-25-27-8-7-15(9-18(14)27)16(6-2)17-11-23-19(26-13(17)3)24-12-20(4,21)22/h5-11H,1,12H2,2-4H3,(H,23,24,26)/b16-6-. The molecule has 0 saturated heterocycles. The molecule has 0 saturated carbocycles. The number of aromatic nitrogens is 4. The molecule has 0 radical (unpaired) electrons. The number of halogens is 2.